The number of nitrogens with one attached hydrogen (secondary N) is 2. The van der Waals surface area contributed by atoms with Gasteiger partial charge in [0.1, 0.15) is 5.75 Å². The lowest BCUT2D eigenvalue weighted by atomic mass is 10.0. The molecule has 0 saturated carbocycles. The van der Waals surface area contributed by atoms with Crippen molar-refractivity contribution in [2.45, 2.75) is 32.2 Å². The van der Waals surface area contributed by atoms with Gasteiger partial charge in [0.05, 0.1) is 5.69 Å². The molecule has 2 aliphatic rings. The number of carbonyl (C=O) groups is 1. The maximum Gasteiger partial charge on any atom is 0.265 e. The van der Waals surface area contributed by atoms with Crippen molar-refractivity contribution in [2.75, 3.05) is 49.1 Å². The van der Waals surface area contributed by atoms with Crippen molar-refractivity contribution in [1.82, 2.24) is 10.6 Å². The Kier molecular flexibility index (Phi) is 9.65. The molecule has 8 heteroatoms. The van der Waals surface area contributed by atoms with Gasteiger partial charge in [-0.25, -0.2) is 0 Å². The van der Waals surface area contributed by atoms with Crippen LogP contribution in [0, 0.1) is 0 Å². The number of anilines is 2. The molecular weight excluding hydrogens is 529 g/mol. The number of guanidine groups is 1. The Morgan fingerprint density at radius 1 is 1.09 bits per heavy atom. The van der Waals surface area contributed by atoms with Crippen molar-refractivity contribution in [1.29, 1.82) is 0 Å². The predicted octanol–water partition coefficient (Wildman–Crippen LogP) is 3.64. The molecule has 0 aliphatic carbocycles. The van der Waals surface area contributed by atoms with E-state index in [1.807, 2.05) is 29.2 Å². The van der Waals surface area contributed by atoms with Crippen LogP contribution in [-0.4, -0.2) is 57.2 Å². The summed E-state index contributed by atoms with van der Waals surface area (Å²) in [5, 5.41) is 6.96. The van der Waals surface area contributed by atoms with E-state index in [1.54, 1.807) is 0 Å². The summed E-state index contributed by atoms with van der Waals surface area (Å²) in [6.45, 7) is 6.39. The monoisotopic (exact) mass is 563 g/mol. The highest BCUT2D eigenvalue weighted by Crippen LogP contribution is 2.31. The van der Waals surface area contributed by atoms with Gasteiger partial charge < -0.3 is 25.2 Å². The van der Waals surface area contributed by atoms with Crippen molar-refractivity contribution in [2.24, 2.45) is 4.99 Å². The molecule has 2 aromatic rings. The number of nitrogens with zero attached hydrogens (tertiary/aromatic N) is 3. The van der Waals surface area contributed by atoms with Crippen molar-refractivity contribution >= 4 is 47.2 Å². The van der Waals surface area contributed by atoms with Crippen LogP contribution in [0.3, 0.4) is 0 Å². The number of hydrogen-bond acceptors (Lipinski definition) is 4. The number of fused-ring (bicyclic) bond motifs is 1. The standard InChI is InChI=1S/C25H33N5O2.HI/c1-2-26-25(28-20-13-17-29(18-14-20)21-9-4-3-5-10-21)27-15-8-16-30-22-11-6-7-12-23(22)32-19-24(30)31;/h3-7,9-12,20H,2,8,13-19H2,1H3,(H2,26,27,28);1H. The van der Waals surface area contributed by atoms with E-state index in [-0.39, 0.29) is 36.5 Å². The van der Waals surface area contributed by atoms with Crippen LogP contribution in [0.25, 0.3) is 0 Å². The summed E-state index contributed by atoms with van der Waals surface area (Å²) < 4.78 is 5.52. The minimum Gasteiger partial charge on any atom is -0.482 e. The van der Waals surface area contributed by atoms with Gasteiger partial charge in [-0.05, 0) is 50.5 Å². The molecule has 0 atom stereocenters. The molecule has 0 bridgehead atoms. The van der Waals surface area contributed by atoms with E-state index >= 15 is 0 Å². The van der Waals surface area contributed by atoms with Crippen LogP contribution in [0.2, 0.25) is 0 Å². The van der Waals surface area contributed by atoms with Gasteiger partial charge in [-0.2, -0.15) is 0 Å². The second-order valence-corrected chi connectivity index (χ2v) is 8.16. The molecule has 1 fully saturated rings. The third-order valence-electron chi connectivity index (χ3n) is 5.92. The summed E-state index contributed by atoms with van der Waals surface area (Å²) in [6.07, 6.45) is 2.96. The third-order valence-corrected chi connectivity index (χ3v) is 5.92. The highest BCUT2D eigenvalue weighted by molar-refractivity contribution is 14.0. The SMILES string of the molecule is CCNC(=NCCCN1C(=O)COc2ccccc21)NC1CCN(c2ccccc2)CC1.I. The summed E-state index contributed by atoms with van der Waals surface area (Å²) in [6, 6.07) is 18.7. The van der Waals surface area contributed by atoms with Gasteiger partial charge in [0.2, 0.25) is 0 Å². The van der Waals surface area contributed by atoms with Crippen molar-refractivity contribution in [3.05, 3.63) is 54.6 Å². The maximum atomic E-state index is 12.3. The number of ether oxygens (including phenoxy) is 1. The van der Waals surface area contributed by atoms with Crippen LogP contribution < -0.4 is 25.2 Å². The minimum atomic E-state index is 0. The molecule has 178 valence electrons. The maximum absolute atomic E-state index is 12.3. The number of piperidine rings is 1. The van der Waals surface area contributed by atoms with Gasteiger partial charge in [0.25, 0.3) is 5.91 Å². The highest BCUT2D eigenvalue weighted by Gasteiger charge is 2.24. The molecule has 0 radical (unpaired) electrons. The van der Waals surface area contributed by atoms with E-state index in [0.717, 1.165) is 56.3 Å². The van der Waals surface area contributed by atoms with E-state index in [4.69, 9.17) is 9.73 Å². The molecule has 1 saturated heterocycles. The van der Waals surface area contributed by atoms with Gasteiger partial charge in [-0.15, -0.1) is 24.0 Å². The van der Waals surface area contributed by atoms with Gasteiger partial charge in [-0.1, -0.05) is 30.3 Å². The first kappa shape index (κ1) is 25.1. The van der Waals surface area contributed by atoms with Crippen LogP contribution in [-0.2, 0) is 4.79 Å². The molecule has 0 aromatic heterocycles. The molecule has 1 amide bonds. The van der Waals surface area contributed by atoms with Crippen LogP contribution in [0.1, 0.15) is 26.2 Å². The fourth-order valence-corrected chi connectivity index (χ4v) is 4.25. The van der Waals surface area contributed by atoms with E-state index in [1.165, 1.54) is 5.69 Å². The van der Waals surface area contributed by atoms with Crippen LogP contribution in [0.15, 0.2) is 59.6 Å². The van der Waals surface area contributed by atoms with Crippen molar-refractivity contribution in [3.63, 3.8) is 0 Å². The van der Waals surface area contributed by atoms with E-state index in [9.17, 15) is 4.79 Å². The first-order valence-electron chi connectivity index (χ1n) is 11.6. The summed E-state index contributed by atoms with van der Waals surface area (Å²) in [4.78, 5) is 21.3. The fourth-order valence-electron chi connectivity index (χ4n) is 4.25. The quantitative estimate of drug-likeness (QED) is 0.233. The predicted molar refractivity (Wildman–Crippen MR) is 145 cm³/mol. The summed E-state index contributed by atoms with van der Waals surface area (Å²) >= 11 is 0. The van der Waals surface area contributed by atoms with Gasteiger partial charge in [-0.3, -0.25) is 9.79 Å². The Balaban J connectivity index is 0.00000306. The third kappa shape index (κ3) is 6.75. The zero-order chi connectivity index (χ0) is 22.2. The van der Waals surface area contributed by atoms with Crippen LogP contribution in [0.4, 0.5) is 11.4 Å². The number of para-hydroxylation sites is 3. The molecule has 7 nitrogen and oxygen atoms in total. The normalized spacial score (nSPS) is 16.5. The molecule has 2 aliphatic heterocycles. The first-order chi connectivity index (χ1) is 15.7. The lowest BCUT2D eigenvalue weighted by Crippen LogP contribution is -2.48. The lowest BCUT2D eigenvalue weighted by Gasteiger charge is -2.34. The van der Waals surface area contributed by atoms with Gasteiger partial charge >= 0.3 is 0 Å². The van der Waals surface area contributed by atoms with Crippen molar-refractivity contribution in [3.8, 4) is 5.75 Å². The summed E-state index contributed by atoms with van der Waals surface area (Å²) in [7, 11) is 0. The second-order valence-electron chi connectivity index (χ2n) is 8.16. The number of amides is 1. The summed E-state index contributed by atoms with van der Waals surface area (Å²) in [5.74, 6) is 1.63. The Morgan fingerprint density at radius 2 is 1.82 bits per heavy atom. The molecule has 0 spiro atoms. The number of benzene rings is 2. The minimum absolute atomic E-state index is 0. The zero-order valence-corrected chi connectivity index (χ0v) is 21.5. The molecule has 0 unspecified atom stereocenters. The van der Waals surface area contributed by atoms with Crippen LogP contribution in [0.5, 0.6) is 5.75 Å². The van der Waals surface area contributed by atoms with E-state index in [0.29, 0.717) is 19.1 Å². The van der Waals surface area contributed by atoms with E-state index < -0.39 is 0 Å². The molecule has 33 heavy (non-hydrogen) atoms. The molecule has 2 heterocycles. The number of halogens is 1. The lowest BCUT2D eigenvalue weighted by molar-refractivity contribution is -0.121. The largest absolute Gasteiger partial charge is 0.482 e. The number of hydrogen-bond donors (Lipinski definition) is 2. The fraction of sp³-hybridized carbons (Fsp3) is 0.440. The Morgan fingerprint density at radius 3 is 2.58 bits per heavy atom. The number of rotatable bonds is 7. The Labute approximate surface area is 213 Å². The Bertz CT molecular complexity index is 916. The molecule has 2 N–H and O–H groups in total. The van der Waals surface area contributed by atoms with E-state index in [2.05, 4.69) is 52.8 Å². The molecule has 4 rings (SSSR count). The highest BCUT2D eigenvalue weighted by atomic mass is 127. The number of aliphatic imine (C=N–C) groups is 1. The smallest absolute Gasteiger partial charge is 0.265 e. The molecular formula is C25H34IN5O2. The Hall–Kier alpha value is -2.49. The average molecular weight is 563 g/mol. The molecule has 2 aromatic carbocycles. The van der Waals surface area contributed by atoms with Crippen LogP contribution >= 0.6 is 24.0 Å². The number of carbonyl (C=O) groups excluding carboxylic acids is 1. The summed E-state index contributed by atoms with van der Waals surface area (Å²) in [5.41, 5.74) is 2.15. The van der Waals surface area contributed by atoms with Gasteiger partial charge in [0, 0.05) is 44.5 Å². The second kappa shape index (κ2) is 12.7. The van der Waals surface area contributed by atoms with Gasteiger partial charge in [0.15, 0.2) is 12.6 Å². The van der Waals surface area contributed by atoms with Crippen molar-refractivity contribution < 1.29 is 9.53 Å². The first-order valence-corrected chi connectivity index (χ1v) is 11.6. The zero-order valence-electron chi connectivity index (χ0n) is 19.2. The topological polar surface area (TPSA) is 69.2 Å². The average Bonchev–Trinajstić information content (AvgIpc) is 2.84.